The van der Waals surface area contributed by atoms with Gasteiger partial charge in [0.25, 0.3) is 0 Å². The van der Waals surface area contributed by atoms with Crippen LogP contribution in [0.2, 0.25) is 0 Å². The lowest BCUT2D eigenvalue weighted by Gasteiger charge is -2.11. The van der Waals surface area contributed by atoms with Crippen molar-refractivity contribution in [3.63, 3.8) is 0 Å². The molecule has 0 N–H and O–H groups in total. The topological polar surface area (TPSA) is 87.1 Å². The summed E-state index contributed by atoms with van der Waals surface area (Å²) >= 11 is 0. The smallest absolute Gasteiger partial charge is 0.438 e. The maximum absolute atomic E-state index is 12.2. The van der Waals surface area contributed by atoms with Crippen LogP contribution in [0.1, 0.15) is 31.9 Å². The molecule has 0 spiro atoms. The Morgan fingerprint density at radius 3 is 2.37 bits per heavy atom. The number of aromatic nitrogens is 1. The van der Waals surface area contributed by atoms with Crippen LogP contribution in [0.3, 0.4) is 0 Å². The van der Waals surface area contributed by atoms with Gasteiger partial charge in [-0.05, 0) is 35.7 Å². The van der Waals surface area contributed by atoms with Gasteiger partial charge in [-0.1, -0.05) is 31.1 Å². The molecule has 0 aliphatic carbocycles. The molecular formula is C19H19F3N2O5S. The van der Waals surface area contributed by atoms with Crippen molar-refractivity contribution in [2.24, 2.45) is 11.1 Å². The molecule has 3 rings (SSSR count). The normalized spacial score (nSPS) is 16.9. The standard InChI is InChI=1S/C19H19F3N2O5S/c1-12(2)11-30(25,26)18-8-7-15(10-23-18)27-17-9-16(29-24-17)13-3-5-14(6-4-13)28-19(20,21)22/h3-8,10,12,16H,9,11H2,1-2H3/t16-/m1/s1. The minimum absolute atomic E-state index is 0.00473. The average molecular weight is 444 g/mol. The second kappa shape index (κ2) is 8.50. The number of halogens is 3. The SMILES string of the molecule is CC(C)CS(=O)(=O)c1ccc(OC2=NO[C@@H](c3ccc(OC(F)(F)F)cc3)C2)cn1. The van der Waals surface area contributed by atoms with Crippen LogP contribution in [0.25, 0.3) is 0 Å². The quantitative estimate of drug-likeness (QED) is 0.662. The van der Waals surface area contributed by atoms with Crippen LogP contribution in [0.15, 0.2) is 52.8 Å². The van der Waals surface area contributed by atoms with Crippen LogP contribution >= 0.6 is 0 Å². The van der Waals surface area contributed by atoms with E-state index in [0.717, 1.165) is 0 Å². The zero-order valence-corrected chi connectivity index (χ0v) is 16.9. The Balaban J connectivity index is 1.58. The molecule has 1 aliphatic heterocycles. The molecule has 162 valence electrons. The number of sulfone groups is 1. The van der Waals surface area contributed by atoms with Gasteiger partial charge in [0.1, 0.15) is 11.5 Å². The van der Waals surface area contributed by atoms with Gasteiger partial charge in [0.2, 0.25) is 5.90 Å². The molecular weight excluding hydrogens is 425 g/mol. The first-order chi connectivity index (χ1) is 14.0. The van der Waals surface area contributed by atoms with Gasteiger partial charge in [0, 0.05) is 0 Å². The Bertz CT molecular complexity index is 1000. The minimum Gasteiger partial charge on any atom is -0.438 e. The molecule has 1 aliphatic rings. The number of alkyl halides is 3. The third-order valence-electron chi connectivity index (χ3n) is 3.94. The van der Waals surface area contributed by atoms with Crippen LogP contribution in [0, 0.1) is 5.92 Å². The van der Waals surface area contributed by atoms with E-state index in [0.29, 0.717) is 5.56 Å². The molecule has 1 atom stereocenters. The molecule has 0 fully saturated rings. The Hall–Kier alpha value is -2.82. The molecule has 1 aromatic carbocycles. The highest BCUT2D eigenvalue weighted by Gasteiger charge is 2.31. The van der Waals surface area contributed by atoms with Crippen molar-refractivity contribution in [2.45, 2.75) is 37.8 Å². The van der Waals surface area contributed by atoms with Crippen molar-refractivity contribution in [2.75, 3.05) is 5.75 Å². The Morgan fingerprint density at radius 2 is 1.80 bits per heavy atom. The van der Waals surface area contributed by atoms with Gasteiger partial charge < -0.3 is 14.3 Å². The predicted octanol–water partition coefficient (Wildman–Crippen LogP) is 4.26. The molecule has 2 aromatic rings. The molecule has 0 unspecified atom stereocenters. The molecule has 7 nitrogen and oxygen atoms in total. The maximum Gasteiger partial charge on any atom is 0.573 e. The zero-order valence-electron chi connectivity index (χ0n) is 16.1. The molecule has 0 bridgehead atoms. The third-order valence-corrected chi connectivity index (χ3v) is 5.93. The van der Waals surface area contributed by atoms with Crippen LogP contribution in [0.5, 0.6) is 11.5 Å². The number of rotatable bonds is 6. The van der Waals surface area contributed by atoms with E-state index in [1.807, 2.05) is 0 Å². The third kappa shape index (κ3) is 5.85. The number of pyridine rings is 1. The lowest BCUT2D eigenvalue weighted by atomic mass is 10.1. The van der Waals surface area contributed by atoms with Crippen molar-refractivity contribution in [1.82, 2.24) is 4.98 Å². The van der Waals surface area contributed by atoms with Gasteiger partial charge in [-0.2, -0.15) is 0 Å². The summed E-state index contributed by atoms with van der Waals surface area (Å²) in [5.74, 6) is 0.157. The lowest BCUT2D eigenvalue weighted by molar-refractivity contribution is -0.274. The van der Waals surface area contributed by atoms with Gasteiger partial charge >= 0.3 is 6.36 Å². The van der Waals surface area contributed by atoms with Crippen LogP contribution in [-0.4, -0.2) is 31.4 Å². The zero-order chi connectivity index (χ0) is 21.9. The molecule has 11 heteroatoms. The van der Waals surface area contributed by atoms with E-state index in [-0.39, 0.29) is 40.5 Å². The summed E-state index contributed by atoms with van der Waals surface area (Å²) in [5, 5.41) is 3.78. The van der Waals surface area contributed by atoms with E-state index < -0.39 is 22.3 Å². The number of hydrogen-bond acceptors (Lipinski definition) is 7. The highest BCUT2D eigenvalue weighted by atomic mass is 32.2. The summed E-state index contributed by atoms with van der Waals surface area (Å²) < 4.78 is 70.4. The van der Waals surface area contributed by atoms with Gasteiger partial charge in [-0.3, -0.25) is 0 Å². The van der Waals surface area contributed by atoms with Gasteiger partial charge in [-0.25, -0.2) is 13.4 Å². The number of benzene rings is 1. The van der Waals surface area contributed by atoms with E-state index in [1.54, 1.807) is 13.8 Å². The Kier molecular flexibility index (Phi) is 6.20. The summed E-state index contributed by atoms with van der Waals surface area (Å²) in [4.78, 5) is 9.22. The molecule has 30 heavy (non-hydrogen) atoms. The monoisotopic (exact) mass is 444 g/mol. The van der Waals surface area contributed by atoms with E-state index in [9.17, 15) is 21.6 Å². The Morgan fingerprint density at radius 1 is 1.13 bits per heavy atom. The lowest BCUT2D eigenvalue weighted by Crippen LogP contribution is -2.17. The molecule has 0 amide bonds. The van der Waals surface area contributed by atoms with Crippen molar-refractivity contribution in [1.29, 1.82) is 0 Å². The maximum atomic E-state index is 12.2. The van der Waals surface area contributed by atoms with Gasteiger partial charge in [-0.15, -0.1) is 13.2 Å². The highest BCUT2D eigenvalue weighted by Crippen LogP contribution is 2.31. The van der Waals surface area contributed by atoms with Crippen LogP contribution < -0.4 is 9.47 Å². The summed E-state index contributed by atoms with van der Waals surface area (Å²) in [6.45, 7) is 3.61. The van der Waals surface area contributed by atoms with E-state index in [1.165, 1.54) is 42.6 Å². The average Bonchev–Trinajstić information content (AvgIpc) is 3.09. The van der Waals surface area contributed by atoms with Gasteiger partial charge in [0.15, 0.2) is 21.0 Å². The first kappa shape index (κ1) is 21.9. The fourth-order valence-electron chi connectivity index (χ4n) is 2.75. The largest absolute Gasteiger partial charge is 0.573 e. The van der Waals surface area contributed by atoms with E-state index in [2.05, 4.69) is 14.9 Å². The second-order valence-electron chi connectivity index (χ2n) is 7.01. The molecule has 1 aromatic heterocycles. The summed E-state index contributed by atoms with van der Waals surface area (Å²) in [5.41, 5.74) is 0.597. The first-order valence-electron chi connectivity index (χ1n) is 8.97. The molecule has 0 saturated heterocycles. The van der Waals surface area contributed by atoms with E-state index >= 15 is 0 Å². The summed E-state index contributed by atoms with van der Waals surface area (Å²) in [7, 11) is -3.47. The van der Waals surface area contributed by atoms with Crippen molar-refractivity contribution < 1.29 is 35.9 Å². The van der Waals surface area contributed by atoms with E-state index in [4.69, 9.17) is 9.57 Å². The number of nitrogens with zero attached hydrogens (tertiary/aromatic N) is 2. The Labute approximate surface area is 171 Å². The molecule has 0 saturated carbocycles. The number of oxime groups is 1. The highest BCUT2D eigenvalue weighted by molar-refractivity contribution is 7.91. The first-order valence-corrected chi connectivity index (χ1v) is 10.6. The predicted molar refractivity (Wildman–Crippen MR) is 101 cm³/mol. The fraction of sp³-hybridized carbons (Fsp3) is 0.368. The van der Waals surface area contributed by atoms with Gasteiger partial charge in [0.05, 0.1) is 18.4 Å². The fourth-order valence-corrected chi connectivity index (χ4v) is 4.29. The number of ether oxygens (including phenoxy) is 2. The summed E-state index contributed by atoms with van der Waals surface area (Å²) in [6.07, 6.45) is -3.76. The van der Waals surface area contributed by atoms with Crippen LogP contribution in [0.4, 0.5) is 13.2 Å². The van der Waals surface area contributed by atoms with Crippen molar-refractivity contribution >= 4 is 15.7 Å². The molecule has 2 heterocycles. The minimum atomic E-state index is -4.76. The number of hydrogen-bond donors (Lipinski definition) is 0. The second-order valence-corrected chi connectivity index (χ2v) is 8.99. The van der Waals surface area contributed by atoms with Crippen LogP contribution in [-0.2, 0) is 14.7 Å². The van der Waals surface area contributed by atoms with Crippen molar-refractivity contribution in [3.05, 3.63) is 48.2 Å². The van der Waals surface area contributed by atoms with Crippen molar-refractivity contribution in [3.8, 4) is 11.5 Å². The molecule has 0 radical (unpaired) electrons. The summed E-state index contributed by atoms with van der Waals surface area (Å²) in [6, 6.07) is 8.09.